The Kier molecular flexibility index (Phi) is 6.31. The number of hydrogen-bond donors (Lipinski definition) is 0. The molecule has 1 aromatic carbocycles. The number of rotatable bonds is 5. The van der Waals surface area contributed by atoms with E-state index in [9.17, 15) is 9.59 Å². The number of thiocarbonyl (C=S) groups is 1. The largest absolute Gasteiger partial charge is 0.368 e. The van der Waals surface area contributed by atoms with Crippen LogP contribution < -0.4 is 10.5 Å². The number of likely N-dealkylation sites (N-methyl/N-ethyl adjacent to an activating group) is 1. The van der Waals surface area contributed by atoms with Gasteiger partial charge < -0.3 is 14.4 Å². The summed E-state index contributed by atoms with van der Waals surface area (Å²) in [5.41, 5.74) is 2.31. The Bertz CT molecular complexity index is 1150. The van der Waals surface area contributed by atoms with Gasteiger partial charge in [0.15, 0.2) is 0 Å². The van der Waals surface area contributed by atoms with Crippen molar-refractivity contribution in [3.63, 3.8) is 0 Å². The SMILES string of the molecule is C=CCN1C(=O)C(=Cc2c(N3CCN(C)CC3)c3ccccc3n(CC)c2=O)SC1=S. The molecule has 0 atom stereocenters. The third-order valence-corrected chi connectivity index (χ3v) is 7.15. The van der Waals surface area contributed by atoms with Crippen LogP contribution in [0.3, 0.4) is 0 Å². The van der Waals surface area contributed by atoms with Crippen LogP contribution in [0.25, 0.3) is 17.0 Å². The molecule has 6 nitrogen and oxygen atoms in total. The van der Waals surface area contributed by atoms with Crippen LogP contribution in [0.5, 0.6) is 0 Å². The average molecular weight is 455 g/mol. The zero-order chi connectivity index (χ0) is 22.1. The van der Waals surface area contributed by atoms with Crippen molar-refractivity contribution in [2.45, 2.75) is 13.5 Å². The number of amides is 1. The second kappa shape index (κ2) is 8.98. The predicted molar refractivity (Wildman–Crippen MR) is 134 cm³/mol. The number of aromatic nitrogens is 1. The van der Waals surface area contributed by atoms with Crippen molar-refractivity contribution in [1.29, 1.82) is 0 Å². The first-order valence-electron chi connectivity index (χ1n) is 10.4. The minimum absolute atomic E-state index is 0.0795. The molecule has 2 aliphatic rings. The number of pyridine rings is 1. The van der Waals surface area contributed by atoms with Gasteiger partial charge in [0.05, 0.1) is 21.7 Å². The molecule has 0 aliphatic carbocycles. The summed E-state index contributed by atoms with van der Waals surface area (Å²) in [7, 11) is 2.11. The van der Waals surface area contributed by atoms with Gasteiger partial charge in [-0.1, -0.05) is 48.3 Å². The number of carbonyl (C=O) groups excluding carboxylic acids is 1. The highest BCUT2D eigenvalue weighted by Crippen LogP contribution is 2.36. The molecule has 8 heteroatoms. The lowest BCUT2D eigenvalue weighted by Gasteiger charge is -2.35. The molecule has 2 aliphatic heterocycles. The first-order valence-corrected chi connectivity index (χ1v) is 11.6. The molecule has 0 unspecified atom stereocenters. The van der Waals surface area contributed by atoms with Gasteiger partial charge in [0.2, 0.25) is 0 Å². The molecule has 0 radical (unpaired) electrons. The van der Waals surface area contributed by atoms with Crippen LogP contribution in [-0.2, 0) is 11.3 Å². The van der Waals surface area contributed by atoms with Crippen LogP contribution in [0.2, 0.25) is 0 Å². The Labute approximate surface area is 191 Å². The van der Waals surface area contributed by atoms with Gasteiger partial charge in [0, 0.05) is 44.7 Å². The number of para-hydroxylation sites is 1. The maximum absolute atomic E-state index is 13.6. The lowest BCUT2D eigenvalue weighted by molar-refractivity contribution is -0.121. The van der Waals surface area contributed by atoms with Gasteiger partial charge in [-0.15, -0.1) is 6.58 Å². The fourth-order valence-corrected chi connectivity index (χ4v) is 5.40. The van der Waals surface area contributed by atoms with Crippen molar-refractivity contribution in [2.75, 3.05) is 44.7 Å². The normalized spacial score (nSPS) is 19.1. The van der Waals surface area contributed by atoms with E-state index in [1.807, 2.05) is 25.1 Å². The van der Waals surface area contributed by atoms with Crippen LogP contribution >= 0.6 is 24.0 Å². The van der Waals surface area contributed by atoms with E-state index < -0.39 is 0 Å². The lowest BCUT2D eigenvalue weighted by atomic mass is 10.1. The first kappa shape index (κ1) is 21.8. The van der Waals surface area contributed by atoms with Crippen molar-refractivity contribution in [3.05, 3.63) is 57.7 Å². The predicted octanol–water partition coefficient (Wildman–Crippen LogP) is 3.16. The molecule has 3 heterocycles. The number of piperazine rings is 1. The topological polar surface area (TPSA) is 48.8 Å². The Morgan fingerprint density at radius 2 is 1.87 bits per heavy atom. The van der Waals surface area contributed by atoms with Crippen molar-refractivity contribution >= 4 is 56.9 Å². The Hall–Kier alpha value is -2.42. The van der Waals surface area contributed by atoms with E-state index in [2.05, 4.69) is 29.5 Å². The molecular weight excluding hydrogens is 428 g/mol. The second-order valence-corrected chi connectivity index (χ2v) is 9.38. The molecule has 2 fully saturated rings. The maximum Gasteiger partial charge on any atom is 0.266 e. The molecule has 31 heavy (non-hydrogen) atoms. The van der Waals surface area contributed by atoms with E-state index in [-0.39, 0.29) is 11.5 Å². The Balaban J connectivity index is 1.94. The van der Waals surface area contributed by atoms with Gasteiger partial charge >= 0.3 is 0 Å². The van der Waals surface area contributed by atoms with Gasteiger partial charge in [-0.3, -0.25) is 14.5 Å². The van der Waals surface area contributed by atoms with Gasteiger partial charge in [-0.05, 0) is 26.1 Å². The minimum Gasteiger partial charge on any atom is -0.368 e. The van der Waals surface area contributed by atoms with Crippen molar-refractivity contribution in [2.24, 2.45) is 0 Å². The number of thioether (sulfide) groups is 1. The van der Waals surface area contributed by atoms with E-state index in [0.29, 0.717) is 27.9 Å². The summed E-state index contributed by atoms with van der Waals surface area (Å²) in [6.07, 6.45) is 3.40. The van der Waals surface area contributed by atoms with E-state index in [1.54, 1.807) is 16.7 Å². The molecule has 1 amide bonds. The number of anilines is 1. The van der Waals surface area contributed by atoms with Crippen LogP contribution in [0.15, 0.2) is 46.6 Å². The van der Waals surface area contributed by atoms with Crippen molar-refractivity contribution in [3.8, 4) is 0 Å². The zero-order valence-corrected chi connectivity index (χ0v) is 19.5. The number of carbonyl (C=O) groups is 1. The molecule has 4 rings (SSSR count). The molecule has 162 valence electrons. The van der Waals surface area contributed by atoms with Gasteiger partial charge in [0.25, 0.3) is 11.5 Å². The highest BCUT2D eigenvalue weighted by Gasteiger charge is 2.32. The van der Waals surface area contributed by atoms with Crippen LogP contribution in [0, 0.1) is 0 Å². The minimum atomic E-state index is -0.171. The molecule has 2 aromatic rings. The summed E-state index contributed by atoms with van der Waals surface area (Å²) in [5, 5.41) is 1.03. The van der Waals surface area contributed by atoms with E-state index in [4.69, 9.17) is 12.2 Å². The molecule has 0 saturated carbocycles. The Morgan fingerprint density at radius 3 is 2.55 bits per heavy atom. The fourth-order valence-electron chi connectivity index (χ4n) is 4.14. The third kappa shape index (κ3) is 3.95. The second-order valence-electron chi connectivity index (χ2n) is 7.70. The van der Waals surface area contributed by atoms with Crippen LogP contribution in [0.4, 0.5) is 5.69 Å². The van der Waals surface area contributed by atoms with Crippen LogP contribution in [-0.4, -0.2) is 64.4 Å². The molecule has 0 bridgehead atoms. The van der Waals surface area contributed by atoms with E-state index in [1.165, 1.54) is 16.7 Å². The van der Waals surface area contributed by atoms with Gasteiger partial charge in [0.1, 0.15) is 4.32 Å². The maximum atomic E-state index is 13.6. The molecule has 1 aromatic heterocycles. The summed E-state index contributed by atoms with van der Waals surface area (Å²) >= 11 is 6.63. The quantitative estimate of drug-likeness (QED) is 0.393. The van der Waals surface area contributed by atoms with E-state index >= 15 is 0 Å². The highest BCUT2D eigenvalue weighted by molar-refractivity contribution is 8.26. The van der Waals surface area contributed by atoms with Gasteiger partial charge in [-0.2, -0.15) is 0 Å². The number of benzene rings is 1. The fraction of sp³-hybridized carbons (Fsp3) is 0.348. The van der Waals surface area contributed by atoms with Gasteiger partial charge in [-0.25, -0.2) is 0 Å². The monoisotopic (exact) mass is 454 g/mol. The molecular formula is C23H26N4O2S2. The smallest absolute Gasteiger partial charge is 0.266 e. The van der Waals surface area contributed by atoms with E-state index in [0.717, 1.165) is 42.8 Å². The van der Waals surface area contributed by atoms with Crippen molar-refractivity contribution in [1.82, 2.24) is 14.4 Å². The summed E-state index contributed by atoms with van der Waals surface area (Å²) < 4.78 is 2.28. The standard InChI is InChI=1S/C23H26N4O2S2/c1-4-10-27-22(29)19(31-23(27)30)15-17-20(25-13-11-24(3)12-14-25)16-8-6-7-9-18(16)26(5-2)21(17)28/h4,6-9,15H,1,5,10-14H2,2-3H3. The third-order valence-electron chi connectivity index (χ3n) is 5.78. The summed E-state index contributed by atoms with van der Waals surface area (Å²) in [4.78, 5) is 33.1. The Morgan fingerprint density at radius 1 is 1.16 bits per heavy atom. The first-order chi connectivity index (χ1) is 15.0. The average Bonchev–Trinajstić information content (AvgIpc) is 3.03. The van der Waals surface area contributed by atoms with Crippen molar-refractivity contribution < 1.29 is 4.79 Å². The molecule has 0 spiro atoms. The summed E-state index contributed by atoms with van der Waals surface area (Å²) in [5.74, 6) is -0.171. The molecule has 2 saturated heterocycles. The zero-order valence-electron chi connectivity index (χ0n) is 17.8. The summed E-state index contributed by atoms with van der Waals surface area (Å²) in [6.45, 7) is 10.1. The number of fused-ring (bicyclic) bond motifs is 1. The highest BCUT2D eigenvalue weighted by atomic mass is 32.2. The number of nitrogens with zero attached hydrogens (tertiary/aromatic N) is 4. The van der Waals surface area contributed by atoms with Crippen LogP contribution in [0.1, 0.15) is 12.5 Å². The number of aryl methyl sites for hydroxylation is 1. The molecule has 0 N–H and O–H groups in total. The number of hydrogen-bond acceptors (Lipinski definition) is 6. The lowest BCUT2D eigenvalue weighted by Crippen LogP contribution is -2.45. The summed E-state index contributed by atoms with van der Waals surface area (Å²) in [6, 6.07) is 8.02.